The molecule has 6 rings (SSSR count). The second kappa shape index (κ2) is 16.2. The number of likely N-dealkylation sites (tertiary alicyclic amines) is 1. The van der Waals surface area contributed by atoms with Gasteiger partial charge in [-0.25, -0.2) is 9.78 Å². The highest BCUT2D eigenvalue weighted by molar-refractivity contribution is 5.91. The molecule has 272 valence electrons. The zero-order valence-corrected chi connectivity index (χ0v) is 31.6. The number of hydrogen-bond donors (Lipinski definition) is 3. The quantitative estimate of drug-likeness (QED) is 0.113. The summed E-state index contributed by atoms with van der Waals surface area (Å²) in [6.45, 7) is 15.8. The molecule has 2 amide bonds. The number of rotatable bonds is 12. The minimum atomic E-state index is -0.387. The summed E-state index contributed by atoms with van der Waals surface area (Å²) < 4.78 is 8.69. The highest BCUT2D eigenvalue weighted by Gasteiger charge is 2.22. The average Bonchev–Trinajstić information content (AvgIpc) is 3.47. The van der Waals surface area contributed by atoms with Gasteiger partial charge < -0.3 is 30.2 Å². The second-order valence-electron chi connectivity index (χ2n) is 15.4. The van der Waals surface area contributed by atoms with Crippen LogP contribution in [-0.2, 0) is 12.0 Å². The van der Waals surface area contributed by atoms with Crippen LogP contribution in [0.4, 0.5) is 10.5 Å². The van der Waals surface area contributed by atoms with Gasteiger partial charge in [-0.05, 0) is 111 Å². The van der Waals surface area contributed by atoms with Gasteiger partial charge in [0, 0.05) is 42.5 Å². The number of nitrogens with one attached hydrogen (secondary N) is 3. The van der Waals surface area contributed by atoms with E-state index in [9.17, 15) is 4.79 Å². The van der Waals surface area contributed by atoms with Crippen molar-refractivity contribution in [2.45, 2.75) is 97.7 Å². The Morgan fingerprint density at radius 3 is 2.48 bits per heavy atom. The number of carbonyl (C=O) groups is 1. The van der Waals surface area contributed by atoms with Crippen LogP contribution in [0, 0.1) is 12.3 Å². The maximum atomic E-state index is 13.2. The lowest BCUT2D eigenvalue weighted by Gasteiger charge is -2.33. The topological polar surface area (TPSA) is 95.3 Å². The summed E-state index contributed by atoms with van der Waals surface area (Å²) in [5.74, 6) is 2.44. The van der Waals surface area contributed by atoms with Crippen LogP contribution in [0.3, 0.4) is 0 Å². The number of piperidine rings is 1. The van der Waals surface area contributed by atoms with E-state index < -0.39 is 0 Å². The molecule has 0 radical (unpaired) electrons. The first-order valence-corrected chi connectivity index (χ1v) is 18.7. The highest BCUT2D eigenvalue weighted by Crippen LogP contribution is 2.33. The van der Waals surface area contributed by atoms with Crippen LogP contribution in [0.2, 0.25) is 0 Å². The molecule has 1 fully saturated rings. The number of carbonyl (C=O) groups excluding carboxylic acids is 1. The van der Waals surface area contributed by atoms with Gasteiger partial charge in [-0.3, -0.25) is 0 Å². The van der Waals surface area contributed by atoms with Gasteiger partial charge in [0.1, 0.15) is 17.3 Å². The molecule has 1 saturated heterocycles. The van der Waals surface area contributed by atoms with Crippen LogP contribution >= 0.6 is 0 Å². The van der Waals surface area contributed by atoms with E-state index in [2.05, 4.69) is 90.3 Å². The Kier molecular flexibility index (Phi) is 11.4. The largest absolute Gasteiger partial charge is 0.457 e. The molecule has 1 aliphatic rings. The van der Waals surface area contributed by atoms with Crippen LogP contribution in [-0.4, -0.2) is 45.3 Å². The number of para-hydroxylation sites is 1. The third kappa shape index (κ3) is 9.09. The first-order valence-electron chi connectivity index (χ1n) is 18.7. The number of urea groups is 1. The van der Waals surface area contributed by atoms with Gasteiger partial charge >= 0.3 is 6.03 Å². The van der Waals surface area contributed by atoms with E-state index in [1.807, 2.05) is 55.5 Å². The van der Waals surface area contributed by atoms with Gasteiger partial charge in [0.05, 0.1) is 17.1 Å². The van der Waals surface area contributed by atoms with E-state index in [1.165, 1.54) is 24.8 Å². The number of benzene rings is 4. The van der Waals surface area contributed by atoms with E-state index in [1.54, 1.807) is 6.92 Å². The summed E-state index contributed by atoms with van der Waals surface area (Å²) >= 11 is 0. The number of anilines is 1. The third-order valence-electron chi connectivity index (χ3n) is 10.2. The zero-order valence-electron chi connectivity index (χ0n) is 31.6. The van der Waals surface area contributed by atoms with Crippen LogP contribution in [0.15, 0.2) is 91.0 Å². The molecule has 2 heterocycles. The molecule has 5 aromatic rings. The molecule has 0 spiro atoms. The molecular weight excluding hydrogens is 645 g/mol. The van der Waals surface area contributed by atoms with Crippen molar-refractivity contribution in [3.8, 4) is 22.9 Å². The Morgan fingerprint density at radius 2 is 1.75 bits per heavy atom. The lowest BCUT2D eigenvalue weighted by molar-refractivity contribution is 0.157. The number of hydrogen-bond acceptors (Lipinski definition) is 5. The second-order valence-corrected chi connectivity index (χ2v) is 15.4. The number of aromatic nitrogens is 2. The Hall–Kier alpha value is -4.95. The molecule has 1 aromatic heterocycles. The van der Waals surface area contributed by atoms with Gasteiger partial charge in [0.2, 0.25) is 0 Å². The minimum Gasteiger partial charge on any atom is -0.457 e. The van der Waals surface area contributed by atoms with E-state index in [0.29, 0.717) is 18.2 Å². The van der Waals surface area contributed by atoms with Crippen molar-refractivity contribution in [1.29, 1.82) is 5.41 Å². The van der Waals surface area contributed by atoms with Gasteiger partial charge in [0.25, 0.3) is 0 Å². The molecule has 0 bridgehead atoms. The minimum absolute atomic E-state index is 0.0749. The monoisotopic (exact) mass is 698 g/mol. The molecule has 0 aliphatic carbocycles. The summed E-state index contributed by atoms with van der Waals surface area (Å²) in [5, 5.41) is 14.4. The molecule has 2 atom stereocenters. The van der Waals surface area contributed by atoms with Crippen molar-refractivity contribution < 1.29 is 9.53 Å². The molecule has 3 N–H and O–H groups in total. The molecule has 4 aromatic carbocycles. The predicted molar refractivity (Wildman–Crippen MR) is 214 cm³/mol. The number of nitrogens with zero attached hydrogens (tertiary/aromatic N) is 3. The Morgan fingerprint density at radius 1 is 0.962 bits per heavy atom. The number of ether oxygens (including phenoxy) is 1. The molecular formula is C44H54N6O2. The maximum absolute atomic E-state index is 13.2. The van der Waals surface area contributed by atoms with Gasteiger partial charge in [-0.1, -0.05) is 75.7 Å². The van der Waals surface area contributed by atoms with Crippen LogP contribution in [0.25, 0.3) is 22.4 Å². The Labute approximate surface area is 309 Å². The summed E-state index contributed by atoms with van der Waals surface area (Å²) in [6.07, 6.45) is 5.25. The van der Waals surface area contributed by atoms with E-state index >= 15 is 0 Å². The fourth-order valence-corrected chi connectivity index (χ4v) is 7.18. The van der Waals surface area contributed by atoms with E-state index in [-0.39, 0.29) is 17.5 Å². The van der Waals surface area contributed by atoms with Crippen LogP contribution < -0.4 is 15.4 Å². The zero-order chi connectivity index (χ0) is 36.8. The lowest BCUT2D eigenvalue weighted by Crippen LogP contribution is -2.38. The standard InChI is InChI=1S/C44H54N6O2/c1-30-13-7-8-17-38(30)47-43(51)48-39(27-31(2)45)33-18-23-41-40(29-33)46-42(50(41)26-12-25-49-24-10-9-14-32(49)3)34-15-11-16-37(28-34)52-36-21-19-35(20-22-36)44(4,5)6/h7-8,11,13,15-23,28-29,32,39,45H,9-10,12,14,24-27H2,1-6H3,(H2,47,48,51). The third-order valence-corrected chi connectivity index (χ3v) is 10.2. The normalized spacial score (nSPS) is 15.7. The smallest absolute Gasteiger partial charge is 0.319 e. The maximum Gasteiger partial charge on any atom is 0.319 e. The first kappa shape index (κ1) is 36.8. The number of aryl methyl sites for hydroxylation is 2. The fourth-order valence-electron chi connectivity index (χ4n) is 7.18. The van der Waals surface area contributed by atoms with Crippen molar-refractivity contribution in [3.05, 3.63) is 108 Å². The van der Waals surface area contributed by atoms with E-state index in [0.717, 1.165) is 76.8 Å². The highest BCUT2D eigenvalue weighted by atomic mass is 16.5. The SMILES string of the molecule is CC(=N)CC(NC(=O)Nc1ccccc1C)c1ccc2c(c1)nc(-c1cccc(Oc3ccc(C(C)(C)C)cc3)c1)n2CCCN1CCCCC1C. The number of fused-ring (bicyclic) bond motifs is 1. The van der Waals surface area contributed by atoms with Crippen molar-refractivity contribution in [1.82, 2.24) is 19.8 Å². The summed E-state index contributed by atoms with van der Waals surface area (Å²) in [7, 11) is 0. The molecule has 8 heteroatoms. The molecule has 8 nitrogen and oxygen atoms in total. The van der Waals surface area contributed by atoms with Crippen LogP contribution in [0.5, 0.6) is 11.5 Å². The molecule has 52 heavy (non-hydrogen) atoms. The molecule has 2 unspecified atom stereocenters. The Bertz CT molecular complexity index is 2010. The molecule has 0 saturated carbocycles. The molecule has 1 aliphatic heterocycles. The number of imidazole rings is 1. The first-order chi connectivity index (χ1) is 24.9. The van der Waals surface area contributed by atoms with Crippen LogP contribution in [0.1, 0.15) is 89.5 Å². The van der Waals surface area contributed by atoms with Gasteiger partial charge in [-0.15, -0.1) is 0 Å². The lowest BCUT2D eigenvalue weighted by atomic mass is 9.87. The predicted octanol–water partition coefficient (Wildman–Crippen LogP) is 10.7. The fraction of sp³-hybridized carbons (Fsp3) is 0.386. The van der Waals surface area contributed by atoms with E-state index in [4.69, 9.17) is 15.1 Å². The van der Waals surface area contributed by atoms with Crippen molar-refractivity contribution >= 4 is 28.5 Å². The Balaban J connectivity index is 1.30. The number of amides is 2. The van der Waals surface area contributed by atoms with Gasteiger partial charge in [-0.2, -0.15) is 0 Å². The average molecular weight is 699 g/mol. The van der Waals surface area contributed by atoms with Crippen molar-refractivity contribution in [2.24, 2.45) is 0 Å². The summed E-state index contributed by atoms with van der Waals surface area (Å²) in [6, 6.07) is 30.4. The summed E-state index contributed by atoms with van der Waals surface area (Å²) in [5.41, 5.74) is 7.37. The van der Waals surface area contributed by atoms with Gasteiger partial charge in [0.15, 0.2) is 0 Å². The summed E-state index contributed by atoms with van der Waals surface area (Å²) in [4.78, 5) is 21.1. The van der Waals surface area contributed by atoms with Crippen molar-refractivity contribution in [3.63, 3.8) is 0 Å². The van der Waals surface area contributed by atoms with Crippen molar-refractivity contribution in [2.75, 3.05) is 18.4 Å².